The standard InChI is InChI=1S/C19H24F2N6O3.C19H24F2N6O2/c1-25(16-7-12(17(20)21)14(22)8-23-16)18-13-9-26(19(29)30-2)4-3-15(13)27(24-18)10-5-11(28)6-10;1-25(16-8-12(17(20)21)14(22)9-23-16)18-13-10-26(19(28)29-2)7-6-15(13)27(24-18)11-4-3-5-11/h7-8,10-11,17,28H,3-6,9,22H2,1-2H3;8-9,11,17H,3-7,10,22H2,1-2H3. The van der Waals surface area contributed by atoms with Gasteiger partial charge in [0, 0.05) is 73.7 Å². The van der Waals surface area contributed by atoms with E-state index in [0.717, 1.165) is 41.8 Å². The Bertz CT molecular complexity index is 2190. The fourth-order valence-electron chi connectivity index (χ4n) is 7.86. The van der Waals surface area contributed by atoms with Gasteiger partial charge in [-0.3, -0.25) is 9.36 Å². The predicted molar refractivity (Wildman–Crippen MR) is 208 cm³/mol. The Morgan fingerprint density at radius 3 is 1.54 bits per heavy atom. The number of ether oxygens (including phenoxy) is 2. The van der Waals surface area contributed by atoms with Crippen molar-refractivity contribution in [3.63, 3.8) is 0 Å². The number of nitrogens with zero attached hydrogens (tertiary/aromatic N) is 10. The predicted octanol–water partition coefficient (Wildman–Crippen LogP) is 5.80. The molecule has 4 aromatic rings. The summed E-state index contributed by atoms with van der Waals surface area (Å²) in [6.07, 6.45) is 1.59. The third kappa shape index (κ3) is 7.98. The van der Waals surface area contributed by atoms with Gasteiger partial charge in [0.1, 0.15) is 11.6 Å². The van der Waals surface area contributed by atoms with Crippen molar-refractivity contribution in [2.24, 2.45) is 0 Å². The number of amides is 2. The quantitative estimate of drug-likeness (QED) is 0.180. The number of aliphatic hydroxyl groups excluding tert-OH is 1. The highest BCUT2D eigenvalue weighted by molar-refractivity contribution is 5.71. The number of nitrogen functional groups attached to an aromatic ring is 2. The molecule has 0 bridgehead atoms. The number of hydrogen-bond acceptors (Lipinski definition) is 13. The summed E-state index contributed by atoms with van der Waals surface area (Å²) in [6, 6.07) is 2.94. The molecule has 2 saturated carbocycles. The molecule has 8 rings (SSSR count). The van der Waals surface area contributed by atoms with Gasteiger partial charge in [-0.2, -0.15) is 10.2 Å². The van der Waals surface area contributed by atoms with Crippen LogP contribution in [0.25, 0.3) is 0 Å². The van der Waals surface area contributed by atoms with Crippen LogP contribution in [0.5, 0.6) is 0 Å². The smallest absolute Gasteiger partial charge is 0.409 e. The van der Waals surface area contributed by atoms with Crippen molar-refractivity contribution in [3.8, 4) is 0 Å². The van der Waals surface area contributed by atoms with Crippen LogP contribution in [-0.2, 0) is 35.4 Å². The molecule has 2 aliphatic carbocycles. The number of pyridine rings is 2. The van der Waals surface area contributed by atoms with E-state index in [-0.39, 0.29) is 47.0 Å². The van der Waals surface area contributed by atoms with Crippen molar-refractivity contribution in [2.75, 3.05) is 62.7 Å². The molecule has 0 radical (unpaired) electrons. The molecule has 318 valence electrons. The van der Waals surface area contributed by atoms with Gasteiger partial charge in [0.05, 0.1) is 69.3 Å². The van der Waals surface area contributed by atoms with Gasteiger partial charge in [-0.05, 0) is 44.2 Å². The number of nitrogens with two attached hydrogens (primary N) is 2. The third-order valence-corrected chi connectivity index (χ3v) is 11.6. The summed E-state index contributed by atoms with van der Waals surface area (Å²) in [7, 11) is 6.10. The minimum Gasteiger partial charge on any atom is -0.453 e. The summed E-state index contributed by atoms with van der Waals surface area (Å²) in [5, 5.41) is 19.3. The van der Waals surface area contributed by atoms with Crippen molar-refractivity contribution >= 4 is 46.8 Å². The Morgan fingerprint density at radius 2 is 1.19 bits per heavy atom. The monoisotopic (exact) mass is 828 g/mol. The van der Waals surface area contributed by atoms with Crippen molar-refractivity contribution in [3.05, 3.63) is 58.2 Å². The topological polar surface area (TPSA) is 199 Å². The summed E-state index contributed by atoms with van der Waals surface area (Å²) < 4.78 is 66.8. The summed E-state index contributed by atoms with van der Waals surface area (Å²) in [4.78, 5) is 39.0. The molecule has 0 unspecified atom stereocenters. The van der Waals surface area contributed by atoms with Crippen LogP contribution in [0.2, 0.25) is 0 Å². The van der Waals surface area contributed by atoms with E-state index in [4.69, 9.17) is 31.1 Å². The van der Waals surface area contributed by atoms with Gasteiger partial charge in [-0.15, -0.1) is 0 Å². The lowest BCUT2D eigenvalue weighted by atomic mass is 9.89. The van der Waals surface area contributed by atoms with Gasteiger partial charge >= 0.3 is 12.2 Å². The molecule has 5 N–H and O–H groups in total. The SMILES string of the molecule is COC(=O)N1CCc2c(c(N(C)c3cc(C(F)F)c(N)cn3)nn2C2CC(O)C2)C1.COC(=O)N1CCc2c(c(N(C)c3cc(C(F)F)c(N)cn3)nn2C2CCC2)C1. The van der Waals surface area contributed by atoms with Crippen LogP contribution in [0.3, 0.4) is 0 Å². The molecule has 2 amide bonds. The second-order valence-corrected chi connectivity index (χ2v) is 15.1. The number of halogens is 4. The highest BCUT2D eigenvalue weighted by atomic mass is 19.3. The fourth-order valence-corrected chi connectivity index (χ4v) is 7.86. The maximum Gasteiger partial charge on any atom is 0.409 e. The van der Waals surface area contributed by atoms with Gasteiger partial charge in [0.15, 0.2) is 11.6 Å². The lowest BCUT2D eigenvalue weighted by molar-refractivity contribution is 0.0417. The van der Waals surface area contributed by atoms with Crippen molar-refractivity contribution in [1.82, 2.24) is 39.3 Å². The number of methoxy groups -OCH3 is 2. The van der Waals surface area contributed by atoms with Crippen LogP contribution >= 0.6 is 0 Å². The molecule has 0 atom stereocenters. The Balaban J connectivity index is 0.000000179. The normalized spacial score (nSPS) is 18.6. The number of alkyl halides is 4. The van der Waals surface area contributed by atoms with Gasteiger partial charge in [0.25, 0.3) is 12.9 Å². The van der Waals surface area contributed by atoms with E-state index in [9.17, 15) is 32.3 Å². The highest BCUT2D eigenvalue weighted by Gasteiger charge is 2.37. The minimum absolute atomic E-state index is 0.0453. The van der Waals surface area contributed by atoms with Crippen LogP contribution in [0.4, 0.5) is 61.8 Å². The Labute approximate surface area is 337 Å². The summed E-state index contributed by atoms with van der Waals surface area (Å²) in [6.45, 7) is 1.68. The van der Waals surface area contributed by atoms with Crippen LogP contribution < -0.4 is 21.3 Å². The summed E-state index contributed by atoms with van der Waals surface area (Å²) in [5.74, 6) is 1.73. The number of rotatable bonds is 8. The van der Waals surface area contributed by atoms with E-state index in [2.05, 4.69) is 9.97 Å². The van der Waals surface area contributed by atoms with E-state index in [1.165, 1.54) is 38.7 Å². The van der Waals surface area contributed by atoms with E-state index in [1.807, 2.05) is 9.36 Å². The zero-order valence-corrected chi connectivity index (χ0v) is 33.2. The molecule has 59 heavy (non-hydrogen) atoms. The number of aliphatic hydroxyl groups is 1. The highest BCUT2D eigenvalue weighted by Crippen LogP contribution is 2.41. The van der Waals surface area contributed by atoms with Crippen molar-refractivity contribution < 1.29 is 41.7 Å². The van der Waals surface area contributed by atoms with Crippen molar-refractivity contribution in [1.29, 1.82) is 0 Å². The van der Waals surface area contributed by atoms with Gasteiger partial charge in [-0.25, -0.2) is 37.1 Å². The second kappa shape index (κ2) is 16.8. The maximum atomic E-state index is 13.3. The van der Waals surface area contributed by atoms with E-state index < -0.39 is 25.0 Å². The molecule has 4 aliphatic rings. The molecule has 17 nitrogen and oxygen atoms in total. The molecule has 2 fully saturated rings. The number of aromatic nitrogens is 6. The zero-order valence-electron chi connectivity index (χ0n) is 33.2. The Morgan fingerprint density at radius 1 is 0.763 bits per heavy atom. The molecule has 6 heterocycles. The van der Waals surface area contributed by atoms with Crippen LogP contribution in [0, 0.1) is 0 Å². The summed E-state index contributed by atoms with van der Waals surface area (Å²) in [5.41, 5.74) is 14.4. The second-order valence-electron chi connectivity index (χ2n) is 15.1. The van der Waals surface area contributed by atoms with Gasteiger partial charge in [-0.1, -0.05) is 0 Å². The first kappa shape index (κ1) is 41.3. The first-order valence-corrected chi connectivity index (χ1v) is 19.3. The van der Waals surface area contributed by atoms with Crippen LogP contribution in [0.1, 0.15) is 90.7 Å². The number of anilines is 6. The van der Waals surface area contributed by atoms with Gasteiger partial charge < -0.3 is 45.6 Å². The van der Waals surface area contributed by atoms with Crippen LogP contribution in [0.15, 0.2) is 24.5 Å². The number of hydrogen-bond donors (Lipinski definition) is 3. The lowest BCUT2D eigenvalue weighted by Gasteiger charge is -2.34. The van der Waals surface area contributed by atoms with E-state index in [1.54, 1.807) is 33.7 Å². The largest absolute Gasteiger partial charge is 0.453 e. The molecule has 2 aliphatic heterocycles. The number of carbonyl (C=O) groups is 2. The molecule has 4 aromatic heterocycles. The van der Waals surface area contributed by atoms with Crippen LogP contribution in [-0.4, -0.2) is 104 Å². The molecule has 0 aromatic carbocycles. The fraction of sp³-hybridized carbons (Fsp3) is 0.526. The minimum atomic E-state index is -2.72. The lowest BCUT2D eigenvalue weighted by Crippen LogP contribution is -2.38. The molecule has 21 heteroatoms. The number of carbonyl (C=O) groups excluding carboxylic acids is 2. The third-order valence-electron chi connectivity index (χ3n) is 11.6. The summed E-state index contributed by atoms with van der Waals surface area (Å²) >= 11 is 0. The maximum absolute atomic E-state index is 13.3. The molecular weight excluding hydrogens is 780 g/mol. The first-order chi connectivity index (χ1) is 28.2. The first-order valence-electron chi connectivity index (χ1n) is 19.3. The molecule has 0 saturated heterocycles. The number of fused-ring (bicyclic) bond motifs is 2. The molecule has 0 spiro atoms. The Hall–Kier alpha value is -5.86. The van der Waals surface area contributed by atoms with Crippen molar-refractivity contribution in [2.45, 2.75) is 89.1 Å². The average Bonchev–Trinajstić information content (AvgIpc) is 3.76. The van der Waals surface area contributed by atoms with E-state index >= 15 is 0 Å². The molecular formula is C38H48F4N12O5. The average molecular weight is 829 g/mol. The Kier molecular flexibility index (Phi) is 11.7. The van der Waals surface area contributed by atoms with E-state index in [0.29, 0.717) is 68.8 Å². The zero-order chi connectivity index (χ0) is 42.3. The van der Waals surface area contributed by atoms with Gasteiger partial charge in [0.2, 0.25) is 0 Å².